The van der Waals surface area contributed by atoms with E-state index < -0.39 is 0 Å². The molecule has 0 heterocycles. The van der Waals surface area contributed by atoms with Crippen molar-refractivity contribution in [3.63, 3.8) is 0 Å². The van der Waals surface area contributed by atoms with E-state index >= 15 is 0 Å². The molecule has 8 unspecified atom stereocenters. The van der Waals surface area contributed by atoms with Gasteiger partial charge in [0.25, 0.3) is 0 Å². The average Bonchev–Trinajstić information content (AvgIpc) is 2.91. The van der Waals surface area contributed by atoms with Gasteiger partial charge in [-0.15, -0.1) is 0 Å². The van der Waals surface area contributed by atoms with Crippen molar-refractivity contribution in [2.45, 2.75) is 96.9 Å². The number of fused-ring (bicyclic) bond motifs is 5. The monoisotopic (exact) mass is 347 g/mol. The van der Waals surface area contributed by atoms with Gasteiger partial charge < -0.3 is 5.73 Å². The topological polar surface area (TPSA) is 43.1 Å². The van der Waals surface area contributed by atoms with Gasteiger partial charge >= 0.3 is 0 Å². The van der Waals surface area contributed by atoms with E-state index in [4.69, 9.17) is 5.73 Å². The van der Waals surface area contributed by atoms with Crippen LogP contribution in [0.1, 0.15) is 92.8 Å². The molecule has 4 fully saturated rings. The molecule has 2 heteroatoms. The molecular formula is C23H41NO. The van der Waals surface area contributed by atoms with Gasteiger partial charge in [-0.25, -0.2) is 0 Å². The second-order valence-electron chi connectivity index (χ2n) is 10.5. The average molecular weight is 348 g/mol. The Morgan fingerprint density at radius 3 is 2.44 bits per heavy atom. The Labute approximate surface area is 156 Å². The third-order valence-corrected chi connectivity index (χ3v) is 9.43. The molecule has 4 saturated carbocycles. The second-order valence-corrected chi connectivity index (χ2v) is 10.5. The van der Waals surface area contributed by atoms with E-state index in [9.17, 15) is 4.79 Å². The van der Waals surface area contributed by atoms with Gasteiger partial charge in [0.2, 0.25) is 0 Å². The van der Waals surface area contributed by atoms with E-state index in [1.165, 1.54) is 64.2 Å². The highest BCUT2D eigenvalue weighted by Crippen LogP contribution is 2.64. The lowest BCUT2D eigenvalue weighted by atomic mass is 9.47. The van der Waals surface area contributed by atoms with Gasteiger partial charge in [-0.2, -0.15) is 0 Å². The maximum atomic E-state index is 12.2. The maximum Gasteiger partial charge on any atom is 0.133 e. The highest BCUT2D eigenvalue weighted by atomic mass is 16.1. The van der Waals surface area contributed by atoms with Gasteiger partial charge in [-0.3, -0.25) is 4.79 Å². The number of rotatable bonds is 3. The van der Waals surface area contributed by atoms with Crippen molar-refractivity contribution in [2.24, 2.45) is 46.7 Å². The number of ketones is 1. The van der Waals surface area contributed by atoms with Crippen LogP contribution in [0.15, 0.2) is 0 Å². The predicted molar refractivity (Wildman–Crippen MR) is 105 cm³/mol. The van der Waals surface area contributed by atoms with Gasteiger partial charge in [0.1, 0.15) is 5.78 Å². The molecular weight excluding hydrogens is 306 g/mol. The van der Waals surface area contributed by atoms with Crippen molar-refractivity contribution < 1.29 is 6.22 Å². The molecule has 4 aliphatic carbocycles. The number of hydrogen-bond acceptors (Lipinski definition) is 2. The van der Waals surface area contributed by atoms with Gasteiger partial charge in [-0.05, 0) is 93.3 Å². The molecule has 2 N–H and O–H groups in total. The van der Waals surface area contributed by atoms with Crippen LogP contribution in [0.25, 0.3) is 0 Å². The lowest BCUT2D eigenvalue weighted by molar-refractivity contribution is -0.129. The summed E-state index contributed by atoms with van der Waals surface area (Å²) < 4.78 is 0. The molecule has 0 aromatic heterocycles. The fourth-order valence-corrected chi connectivity index (χ4v) is 8.41. The fourth-order valence-electron chi connectivity index (χ4n) is 8.41. The zero-order valence-corrected chi connectivity index (χ0v) is 16.7. The summed E-state index contributed by atoms with van der Waals surface area (Å²) in [6.45, 7) is 6.61. The van der Waals surface area contributed by atoms with Crippen LogP contribution in [0.4, 0.5) is 0 Å². The Morgan fingerprint density at radius 2 is 1.72 bits per heavy atom. The molecule has 0 radical (unpaired) electrons. The zero-order chi connectivity index (χ0) is 17.8. The Kier molecular flexibility index (Phi) is 4.58. The van der Waals surface area contributed by atoms with Gasteiger partial charge in [0.15, 0.2) is 0 Å². The third kappa shape index (κ3) is 2.73. The van der Waals surface area contributed by atoms with Crippen molar-refractivity contribution in [3.8, 4) is 0 Å². The molecule has 144 valence electrons. The largest absolute Gasteiger partial charge is 0.325 e. The third-order valence-electron chi connectivity index (χ3n) is 9.43. The first kappa shape index (κ1) is 18.0. The Hall–Kier alpha value is -0.370. The lowest BCUT2D eigenvalue weighted by Crippen LogP contribution is -2.60. The summed E-state index contributed by atoms with van der Waals surface area (Å²) in [5, 5.41) is 0. The first-order valence-electron chi connectivity index (χ1n) is 11.2. The smallest absolute Gasteiger partial charge is 0.133 e. The fraction of sp³-hybridized carbons (Fsp3) is 0.957. The number of carbonyl (C=O) groups is 1. The summed E-state index contributed by atoms with van der Waals surface area (Å²) in [7, 11) is 0. The van der Waals surface area contributed by atoms with Crippen molar-refractivity contribution in [1.82, 2.24) is 0 Å². The molecule has 0 aromatic carbocycles. The Morgan fingerprint density at radius 1 is 1.04 bits per heavy atom. The van der Waals surface area contributed by atoms with E-state index in [1.54, 1.807) is 0 Å². The molecule has 8 atom stereocenters. The first-order valence-corrected chi connectivity index (χ1v) is 11.2. The highest BCUT2D eigenvalue weighted by Gasteiger charge is 2.59. The van der Waals surface area contributed by atoms with Gasteiger partial charge in [0.05, 0.1) is 0 Å². The van der Waals surface area contributed by atoms with E-state index in [0.717, 1.165) is 36.0 Å². The lowest BCUT2D eigenvalue weighted by Gasteiger charge is -2.59. The van der Waals surface area contributed by atoms with Crippen LogP contribution in [-0.2, 0) is 4.79 Å². The van der Waals surface area contributed by atoms with Crippen molar-refractivity contribution in [3.05, 3.63) is 0 Å². The Balaban J connectivity index is 0.00000196. The molecule has 4 aliphatic rings. The van der Waals surface area contributed by atoms with Crippen LogP contribution in [0.5, 0.6) is 0 Å². The summed E-state index contributed by atoms with van der Waals surface area (Å²) in [6, 6.07) is 0. The van der Waals surface area contributed by atoms with Crippen molar-refractivity contribution >= 4 is 5.78 Å². The predicted octanol–water partition coefficient (Wildman–Crippen LogP) is 5.59. The van der Waals surface area contributed by atoms with Crippen LogP contribution in [0.2, 0.25) is 0 Å². The van der Waals surface area contributed by atoms with Crippen LogP contribution >= 0.6 is 0 Å². The van der Waals surface area contributed by atoms with Gasteiger partial charge in [-0.1, -0.05) is 33.1 Å². The summed E-state index contributed by atoms with van der Waals surface area (Å²) in [6.07, 6.45) is 14.4. The van der Waals surface area contributed by atoms with Crippen LogP contribution in [0, 0.1) is 40.9 Å². The normalized spacial score (nSPS) is 52.2. The highest BCUT2D eigenvalue weighted by molar-refractivity contribution is 5.79. The molecule has 4 rings (SSSR count). The molecule has 0 spiro atoms. The summed E-state index contributed by atoms with van der Waals surface area (Å²) in [5.41, 5.74) is 7.51. The van der Waals surface area contributed by atoms with Crippen LogP contribution in [0.3, 0.4) is 0 Å². The second kappa shape index (κ2) is 6.36. The molecule has 0 saturated heterocycles. The zero-order valence-electron chi connectivity index (χ0n) is 16.7. The minimum atomic E-state index is 0. The molecule has 0 aliphatic heterocycles. The summed E-state index contributed by atoms with van der Waals surface area (Å²) in [5.74, 6) is 4.93. The molecule has 0 bridgehead atoms. The standard InChI is InChI=1S/C23H39NO.H2/c1-4-5-16-6-7-21-18-10-12-22(3)19(15(2)25)8-9-20(22)17(18)11-13-23(21,24)14-16;/h16-21H,4-14,24H2,1-3H3;1H. The van der Waals surface area contributed by atoms with Crippen molar-refractivity contribution in [2.75, 3.05) is 0 Å². The van der Waals surface area contributed by atoms with Crippen LogP contribution in [-0.4, -0.2) is 11.3 Å². The molecule has 0 amide bonds. The number of carbonyl (C=O) groups excluding carboxylic acids is 1. The van der Waals surface area contributed by atoms with E-state index in [0.29, 0.717) is 17.1 Å². The molecule has 25 heavy (non-hydrogen) atoms. The van der Waals surface area contributed by atoms with E-state index in [-0.39, 0.29) is 6.97 Å². The minimum absolute atomic E-state index is 0. The first-order chi connectivity index (χ1) is 11.9. The SMILES string of the molecule is CCCC1CCC2C3CCC4(C)C(C(C)=O)CCC4C3CCC2(N)C1.[HH]. The Bertz CT molecular complexity index is 536. The van der Waals surface area contributed by atoms with E-state index in [2.05, 4.69) is 13.8 Å². The van der Waals surface area contributed by atoms with Crippen LogP contribution < -0.4 is 5.73 Å². The molecule has 0 aromatic rings. The maximum absolute atomic E-state index is 12.2. The quantitative estimate of drug-likeness (QED) is 0.723. The van der Waals surface area contributed by atoms with E-state index in [1.807, 2.05) is 6.92 Å². The number of hydrogen-bond donors (Lipinski definition) is 1. The minimum Gasteiger partial charge on any atom is -0.325 e. The summed E-state index contributed by atoms with van der Waals surface area (Å²) >= 11 is 0. The molecule has 2 nitrogen and oxygen atoms in total. The number of nitrogens with two attached hydrogens (primary N) is 1. The number of Topliss-reactive ketones (excluding diaryl/α,β-unsaturated/α-hetero) is 1. The van der Waals surface area contributed by atoms with Gasteiger partial charge in [0, 0.05) is 12.9 Å². The van der Waals surface area contributed by atoms with Crippen molar-refractivity contribution in [1.29, 1.82) is 0 Å². The summed E-state index contributed by atoms with van der Waals surface area (Å²) in [4.78, 5) is 12.2.